The van der Waals surface area contributed by atoms with E-state index in [-0.39, 0.29) is 24.4 Å². The van der Waals surface area contributed by atoms with Crippen LogP contribution in [0.4, 0.5) is 0 Å². The Bertz CT molecular complexity index is 503. The number of nitrogens with zero attached hydrogens (tertiary/aromatic N) is 1. The molecule has 5 nitrogen and oxygen atoms in total. The highest BCUT2D eigenvalue weighted by Crippen LogP contribution is 2.17. The number of ether oxygens (including phenoxy) is 2. The maximum Gasteiger partial charge on any atom is 0.308 e. The summed E-state index contributed by atoms with van der Waals surface area (Å²) in [6, 6.07) is 7.53. The molecule has 21 heavy (non-hydrogen) atoms. The molecule has 0 spiro atoms. The molecule has 1 unspecified atom stereocenters. The summed E-state index contributed by atoms with van der Waals surface area (Å²) in [4.78, 5) is 26.6. The summed E-state index contributed by atoms with van der Waals surface area (Å²) in [7, 11) is 1.35. The van der Waals surface area contributed by atoms with Crippen LogP contribution in [0.15, 0.2) is 29.2 Å². The van der Waals surface area contributed by atoms with Crippen molar-refractivity contribution < 1.29 is 19.1 Å². The van der Waals surface area contributed by atoms with E-state index < -0.39 is 0 Å². The van der Waals surface area contributed by atoms with Gasteiger partial charge in [0, 0.05) is 23.5 Å². The molecule has 1 heterocycles. The fourth-order valence-corrected chi connectivity index (χ4v) is 2.62. The van der Waals surface area contributed by atoms with Crippen LogP contribution in [-0.4, -0.2) is 55.9 Å². The number of morpholine rings is 1. The SMILES string of the molecule is COC(=O)CC1CN(C(=O)c2ccc(SC)cc2)CCO1. The van der Waals surface area contributed by atoms with Gasteiger partial charge in [-0.25, -0.2) is 0 Å². The topological polar surface area (TPSA) is 55.8 Å². The normalized spacial score (nSPS) is 18.4. The number of hydrogen-bond acceptors (Lipinski definition) is 5. The number of thioether (sulfide) groups is 1. The number of carbonyl (C=O) groups excluding carboxylic acids is 2. The Morgan fingerprint density at radius 2 is 2.10 bits per heavy atom. The van der Waals surface area contributed by atoms with Gasteiger partial charge in [-0.3, -0.25) is 9.59 Å². The standard InChI is InChI=1S/C15H19NO4S/c1-19-14(17)9-12-10-16(7-8-20-12)15(18)11-3-5-13(21-2)6-4-11/h3-6,12H,7-10H2,1-2H3. The van der Waals surface area contributed by atoms with Crippen LogP contribution in [0, 0.1) is 0 Å². The first kappa shape index (κ1) is 15.9. The van der Waals surface area contributed by atoms with E-state index in [0.717, 1.165) is 4.90 Å². The minimum Gasteiger partial charge on any atom is -0.469 e. The van der Waals surface area contributed by atoms with Crippen molar-refractivity contribution in [2.45, 2.75) is 17.4 Å². The zero-order valence-corrected chi connectivity index (χ0v) is 13.0. The van der Waals surface area contributed by atoms with Crippen LogP contribution in [-0.2, 0) is 14.3 Å². The lowest BCUT2D eigenvalue weighted by molar-refractivity contribution is -0.145. The zero-order chi connectivity index (χ0) is 15.2. The van der Waals surface area contributed by atoms with Gasteiger partial charge in [0.25, 0.3) is 5.91 Å². The van der Waals surface area contributed by atoms with Gasteiger partial charge in [0.2, 0.25) is 0 Å². The second-order valence-electron chi connectivity index (χ2n) is 4.75. The van der Waals surface area contributed by atoms with Gasteiger partial charge in [-0.05, 0) is 30.5 Å². The summed E-state index contributed by atoms with van der Waals surface area (Å²) in [5, 5.41) is 0. The van der Waals surface area contributed by atoms with Gasteiger partial charge in [0.05, 0.1) is 26.2 Å². The molecule has 1 amide bonds. The summed E-state index contributed by atoms with van der Waals surface area (Å²) >= 11 is 1.64. The van der Waals surface area contributed by atoms with Gasteiger partial charge in [-0.2, -0.15) is 0 Å². The van der Waals surface area contributed by atoms with E-state index in [2.05, 4.69) is 4.74 Å². The summed E-state index contributed by atoms with van der Waals surface area (Å²) in [5.74, 6) is -0.348. The number of hydrogen-bond donors (Lipinski definition) is 0. The number of methoxy groups -OCH3 is 1. The van der Waals surface area contributed by atoms with Crippen LogP contribution in [0.3, 0.4) is 0 Å². The van der Waals surface area contributed by atoms with E-state index in [1.54, 1.807) is 16.7 Å². The lowest BCUT2D eigenvalue weighted by Gasteiger charge is -2.32. The molecule has 0 radical (unpaired) electrons. The molecule has 2 rings (SSSR count). The Hall–Kier alpha value is -1.53. The first-order valence-corrected chi connectivity index (χ1v) is 7.98. The van der Waals surface area contributed by atoms with E-state index in [4.69, 9.17) is 4.74 Å². The summed E-state index contributed by atoms with van der Waals surface area (Å²) < 4.78 is 10.1. The van der Waals surface area contributed by atoms with Gasteiger partial charge in [-0.15, -0.1) is 11.8 Å². The van der Waals surface area contributed by atoms with Crippen LogP contribution < -0.4 is 0 Å². The van der Waals surface area contributed by atoms with Gasteiger partial charge < -0.3 is 14.4 Å². The fourth-order valence-electron chi connectivity index (χ4n) is 2.21. The fraction of sp³-hybridized carbons (Fsp3) is 0.467. The first-order valence-electron chi connectivity index (χ1n) is 6.75. The second-order valence-corrected chi connectivity index (χ2v) is 5.63. The van der Waals surface area contributed by atoms with Crippen molar-refractivity contribution >= 4 is 23.6 Å². The summed E-state index contributed by atoms with van der Waals surface area (Å²) in [6.07, 6.45) is 1.88. The third-order valence-electron chi connectivity index (χ3n) is 3.38. The van der Waals surface area contributed by atoms with E-state index in [1.807, 2.05) is 30.5 Å². The number of rotatable bonds is 4. The molecule has 0 N–H and O–H groups in total. The van der Waals surface area contributed by atoms with E-state index >= 15 is 0 Å². The molecule has 1 aromatic rings. The highest BCUT2D eigenvalue weighted by Gasteiger charge is 2.26. The van der Waals surface area contributed by atoms with Crippen molar-refractivity contribution in [3.8, 4) is 0 Å². The summed E-state index contributed by atoms with van der Waals surface area (Å²) in [5.41, 5.74) is 0.659. The Kier molecular flexibility index (Phi) is 5.64. The molecule has 1 aliphatic rings. The highest BCUT2D eigenvalue weighted by molar-refractivity contribution is 7.98. The monoisotopic (exact) mass is 309 g/mol. The van der Waals surface area contributed by atoms with Crippen molar-refractivity contribution in [1.82, 2.24) is 4.90 Å². The predicted octanol–water partition coefficient (Wildman–Crippen LogP) is 1.81. The molecule has 0 aliphatic carbocycles. The van der Waals surface area contributed by atoms with Crippen LogP contribution >= 0.6 is 11.8 Å². The molecule has 1 aromatic carbocycles. The maximum atomic E-state index is 12.4. The predicted molar refractivity (Wildman–Crippen MR) is 80.5 cm³/mol. The van der Waals surface area contributed by atoms with E-state index in [9.17, 15) is 9.59 Å². The quantitative estimate of drug-likeness (QED) is 0.627. The molecule has 114 valence electrons. The molecule has 0 aromatic heterocycles. The Morgan fingerprint density at radius 1 is 1.38 bits per heavy atom. The molecule has 0 bridgehead atoms. The lowest BCUT2D eigenvalue weighted by Crippen LogP contribution is -2.46. The molecule has 6 heteroatoms. The number of amides is 1. The Labute approximate surface area is 128 Å². The zero-order valence-electron chi connectivity index (χ0n) is 12.2. The minimum absolute atomic E-state index is 0.0270. The van der Waals surface area contributed by atoms with Crippen LogP contribution in [0.2, 0.25) is 0 Å². The smallest absolute Gasteiger partial charge is 0.308 e. The largest absolute Gasteiger partial charge is 0.469 e. The second kappa shape index (κ2) is 7.47. The van der Waals surface area contributed by atoms with Crippen LogP contribution in [0.5, 0.6) is 0 Å². The van der Waals surface area contributed by atoms with Crippen molar-refractivity contribution in [3.05, 3.63) is 29.8 Å². The lowest BCUT2D eigenvalue weighted by atomic mass is 10.1. The molecule has 0 saturated carbocycles. The average molecular weight is 309 g/mol. The van der Waals surface area contributed by atoms with Gasteiger partial charge >= 0.3 is 5.97 Å². The minimum atomic E-state index is -0.321. The van der Waals surface area contributed by atoms with Crippen LogP contribution in [0.1, 0.15) is 16.8 Å². The van der Waals surface area contributed by atoms with Crippen molar-refractivity contribution in [2.75, 3.05) is 33.1 Å². The van der Waals surface area contributed by atoms with Crippen molar-refractivity contribution in [2.24, 2.45) is 0 Å². The number of benzene rings is 1. The maximum absolute atomic E-state index is 12.4. The van der Waals surface area contributed by atoms with E-state index in [0.29, 0.717) is 25.3 Å². The number of carbonyl (C=O) groups is 2. The Balaban J connectivity index is 1.99. The van der Waals surface area contributed by atoms with Gasteiger partial charge in [-0.1, -0.05) is 0 Å². The van der Waals surface area contributed by atoms with Gasteiger partial charge in [0.15, 0.2) is 0 Å². The molecular formula is C15H19NO4S. The molecular weight excluding hydrogens is 290 g/mol. The van der Waals surface area contributed by atoms with Crippen LogP contribution in [0.25, 0.3) is 0 Å². The summed E-state index contributed by atoms with van der Waals surface area (Å²) in [6.45, 7) is 1.40. The third-order valence-corrected chi connectivity index (χ3v) is 4.13. The average Bonchev–Trinajstić information content (AvgIpc) is 2.54. The van der Waals surface area contributed by atoms with Gasteiger partial charge in [0.1, 0.15) is 0 Å². The first-order chi connectivity index (χ1) is 10.1. The van der Waals surface area contributed by atoms with E-state index in [1.165, 1.54) is 7.11 Å². The Morgan fingerprint density at radius 3 is 2.71 bits per heavy atom. The number of esters is 1. The highest BCUT2D eigenvalue weighted by atomic mass is 32.2. The molecule has 1 saturated heterocycles. The molecule has 1 aliphatic heterocycles. The van der Waals surface area contributed by atoms with Crippen molar-refractivity contribution in [3.63, 3.8) is 0 Å². The molecule has 1 fully saturated rings. The third kappa shape index (κ3) is 4.22. The van der Waals surface area contributed by atoms with Crippen molar-refractivity contribution in [1.29, 1.82) is 0 Å². The molecule has 1 atom stereocenters.